The van der Waals surface area contributed by atoms with Crippen molar-refractivity contribution in [1.29, 1.82) is 0 Å². The molecule has 0 amide bonds. The number of rotatable bonds is 1. The van der Waals surface area contributed by atoms with Gasteiger partial charge in [-0.25, -0.2) is 0 Å². The lowest BCUT2D eigenvalue weighted by Gasteiger charge is -2.08. The molecule has 5 heteroatoms. The summed E-state index contributed by atoms with van der Waals surface area (Å²) in [5.41, 5.74) is -0.870. The highest BCUT2D eigenvalue weighted by atomic mass is 32.2. The van der Waals surface area contributed by atoms with Gasteiger partial charge in [-0.05, 0) is 12.1 Å². The van der Waals surface area contributed by atoms with Gasteiger partial charge in [-0.1, -0.05) is 12.1 Å². The van der Waals surface area contributed by atoms with Gasteiger partial charge in [0, 0.05) is 0 Å². The molecule has 0 bridgehead atoms. The summed E-state index contributed by atoms with van der Waals surface area (Å²) in [5.74, 6) is 0. The van der Waals surface area contributed by atoms with Gasteiger partial charge in [0.2, 0.25) is 0 Å². The normalized spacial score (nSPS) is 11.7. The zero-order chi connectivity index (χ0) is 9.19. The lowest BCUT2D eigenvalue weighted by molar-refractivity contribution is -0.139. The van der Waals surface area contributed by atoms with Crippen molar-refractivity contribution in [2.45, 2.75) is 11.1 Å². The number of halogens is 3. The molecule has 12 heavy (non-hydrogen) atoms. The number of alkyl halides is 3. The van der Waals surface area contributed by atoms with Crippen LogP contribution < -0.4 is 0 Å². The average molecular weight is 193 g/mol. The summed E-state index contributed by atoms with van der Waals surface area (Å²) < 4.78 is 46.5. The Morgan fingerprint density at radius 3 is 2.17 bits per heavy atom. The van der Waals surface area contributed by atoms with E-state index in [-0.39, 0.29) is 16.9 Å². The van der Waals surface area contributed by atoms with Crippen LogP contribution in [0.2, 0.25) is 0 Å². The summed E-state index contributed by atoms with van der Waals surface area (Å²) in [6.07, 6.45) is -4.44. The average Bonchev–Trinajstić information content (AvgIpc) is 2.03. The van der Waals surface area contributed by atoms with Gasteiger partial charge in [-0.2, -0.15) is 13.2 Å². The zero-order valence-electron chi connectivity index (χ0n) is 5.76. The fourth-order valence-corrected chi connectivity index (χ4v) is 1.18. The molecule has 1 rings (SSSR count). The Balaban J connectivity index is 3.14. The molecule has 0 aromatic heterocycles. The topological polar surface area (TPSA) is 19.9 Å². The van der Waals surface area contributed by atoms with Gasteiger partial charge in [-0.15, -0.1) is 4.55 Å². The minimum Gasteiger partial charge on any atom is -0.166 e. The predicted octanol–water partition coefficient (Wildman–Crippen LogP) is 3.14. The van der Waals surface area contributed by atoms with Crippen LogP contribution in [0.5, 0.6) is 0 Å². The molecule has 1 aromatic rings. The molecule has 0 fully saturated rings. The molecule has 0 saturated carbocycles. The standard InChI is InChI=1S/C7H4F3OS/c8-7(9,10)5-3-1-2-4-6(5)12-11/h1-4H. The summed E-state index contributed by atoms with van der Waals surface area (Å²) in [7, 11) is 0. The third kappa shape index (κ3) is 1.92. The van der Waals surface area contributed by atoms with E-state index in [1.165, 1.54) is 12.1 Å². The van der Waals surface area contributed by atoms with Gasteiger partial charge < -0.3 is 0 Å². The zero-order valence-corrected chi connectivity index (χ0v) is 6.58. The molecule has 65 valence electrons. The first-order chi connectivity index (χ1) is 5.55. The van der Waals surface area contributed by atoms with Crippen molar-refractivity contribution in [2.75, 3.05) is 0 Å². The summed E-state index contributed by atoms with van der Waals surface area (Å²) in [5, 5.41) is 0. The lowest BCUT2D eigenvalue weighted by Crippen LogP contribution is -2.05. The Kier molecular flexibility index (Phi) is 2.64. The lowest BCUT2D eigenvalue weighted by atomic mass is 10.2. The SMILES string of the molecule is [O]Sc1ccccc1C(F)(F)F. The highest BCUT2D eigenvalue weighted by molar-refractivity contribution is 7.93. The third-order valence-electron chi connectivity index (χ3n) is 1.28. The first-order valence-electron chi connectivity index (χ1n) is 3.02. The quantitative estimate of drug-likeness (QED) is 0.627. The van der Waals surface area contributed by atoms with E-state index in [1.807, 2.05) is 0 Å². The Labute approximate surface area is 71.4 Å². The molecule has 0 unspecified atom stereocenters. The van der Waals surface area contributed by atoms with E-state index >= 15 is 0 Å². The largest absolute Gasteiger partial charge is 0.417 e. The van der Waals surface area contributed by atoms with Crippen molar-refractivity contribution in [1.82, 2.24) is 0 Å². The van der Waals surface area contributed by atoms with Crippen LogP contribution >= 0.6 is 12.0 Å². The van der Waals surface area contributed by atoms with Crippen LogP contribution in [0.4, 0.5) is 13.2 Å². The second kappa shape index (κ2) is 3.37. The van der Waals surface area contributed by atoms with Crippen molar-refractivity contribution >= 4 is 12.0 Å². The summed E-state index contributed by atoms with van der Waals surface area (Å²) in [4.78, 5) is -0.287. The maximum Gasteiger partial charge on any atom is 0.417 e. The van der Waals surface area contributed by atoms with E-state index in [0.29, 0.717) is 0 Å². The number of benzene rings is 1. The summed E-state index contributed by atoms with van der Waals surface area (Å²) in [6, 6.07) is 4.69. The van der Waals surface area contributed by atoms with E-state index in [2.05, 4.69) is 0 Å². The van der Waals surface area contributed by atoms with E-state index < -0.39 is 11.7 Å². The number of hydrogen-bond donors (Lipinski definition) is 0. The molecule has 0 aliphatic carbocycles. The maximum absolute atomic E-state index is 12.1. The predicted molar refractivity (Wildman–Crippen MR) is 38.0 cm³/mol. The van der Waals surface area contributed by atoms with Crippen molar-refractivity contribution < 1.29 is 17.7 Å². The molecule has 0 aliphatic rings. The van der Waals surface area contributed by atoms with E-state index in [1.54, 1.807) is 0 Å². The molecular formula is C7H4F3OS. The smallest absolute Gasteiger partial charge is 0.166 e. The van der Waals surface area contributed by atoms with Gasteiger partial charge in [-0.3, -0.25) is 0 Å². The molecule has 1 aromatic carbocycles. The summed E-state index contributed by atoms with van der Waals surface area (Å²) >= 11 is -0.148. The second-order valence-electron chi connectivity index (χ2n) is 2.08. The van der Waals surface area contributed by atoms with E-state index in [4.69, 9.17) is 0 Å². The highest BCUT2D eigenvalue weighted by Crippen LogP contribution is 2.35. The van der Waals surface area contributed by atoms with Gasteiger partial charge >= 0.3 is 6.18 Å². The van der Waals surface area contributed by atoms with Crippen LogP contribution in [0.15, 0.2) is 29.2 Å². The van der Waals surface area contributed by atoms with Crippen LogP contribution in [0.25, 0.3) is 0 Å². The molecule has 1 nitrogen and oxygen atoms in total. The van der Waals surface area contributed by atoms with E-state index in [9.17, 15) is 17.7 Å². The molecule has 0 N–H and O–H groups in total. The van der Waals surface area contributed by atoms with Crippen LogP contribution in [0.3, 0.4) is 0 Å². The highest BCUT2D eigenvalue weighted by Gasteiger charge is 2.33. The molecule has 0 spiro atoms. The minimum absolute atomic E-state index is 0.148. The Bertz CT molecular complexity index is 272. The molecular weight excluding hydrogens is 189 g/mol. The second-order valence-corrected chi connectivity index (χ2v) is 2.68. The molecule has 1 radical (unpaired) electrons. The van der Waals surface area contributed by atoms with Gasteiger partial charge in [0.1, 0.15) is 0 Å². The van der Waals surface area contributed by atoms with Crippen LogP contribution in [-0.2, 0) is 10.7 Å². The van der Waals surface area contributed by atoms with Crippen molar-refractivity contribution in [2.24, 2.45) is 0 Å². The maximum atomic E-state index is 12.1. The fourth-order valence-electron chi connectivity index (χ4n) is 0.773. The Morgan fingerprint density at radius 2 is 1.75 bits per heavy atom. The molecule has 0 heterocycles. The molecule has 0 saturated heterocycles. The fraction of sp³-hybridized carbons (Fsp3) is 0.143. The van der Waals surface area contributed by atoms with Crippen LogP contribution in [0.1, 0.15) is 5.56 Å². The van der Waals surface area contributed by atoms with Gasteiger partial charge in [0.15, 0.2) is 0 Å². The third-order valence-corrected chi connectivity index (χ3v) is 1.82. The Hall–Kier alpha value is -0.680. The first kappa shape index (κ1) is 9.41. The van der Waals surface area contributed by atoms with Crippen LogP contribution in [-0.4, -0.2) is 0 Å². The monoisotopic (exact) mass is 193 g/mol. The molecule has 0 aliphatic heterocycles. The minimum atomic E-state index is -4.44. The van der Waals surface area contributed by atoms with Crippen molar-refractivity contribution in [3.63, 3.8) is 0 Å². The van der Waals surface area contributed by atoms with E-state index in [0.717, 1.165) is 12.1 Å². The number of hydrogen-bond acceptors (Lipinski definition) is 1. The Morgan fingerprint density at radius 1 is 1.17 bits per heavy atom. The van der Waals surface area contributed by atoms with Crippen molar-refractivity contribution in [3.05, 3.63) is 29.8 Å². The van der Waals surface area contributed by atoms with Crippen molar-refractivity contribution in [3.8, 4) is 0 Å². The molecule has 0 atom stereocenters. The van der Waals surface area contributed by atoms with Gasteiger partial charge in [0.25, 0.3) is 0 Å². The van der Waals surface area contributed by atoms with Gasteiger partial charge in [0.05, 0.1) is 22.5 Å². The summed E-state index contributed by atoms with van der Waals surface area (Å²) in [6.45, 7) is 0. The van der Waals surface area contributed by atoms with Crippen LogP contribution in [0, 0.1) is 0 Å². The first-order valence-corrected chi connectivity index (χ1v) is 3.76.